The van der Waals surface area contributed by atoms with Crippen molar-refractivity contribution in [2.24, 2.45) is 0 Å². The number of carbonyl (C=O) groups excluding carboxylic acids is 1. The predicted octanol–water partition coefficient (Wildman–Crippen LogP) is 3.02. The second kappa shape index (κ2) is 5.55. The molecule has 5 nitrogen and oxygen atoms in total. The topological polar surface area (TPSA) is 56.5 Å². The van der Waals surface area contributed by atoms with Gasteiger partial charge in [0.15, 0.2) is 11.3 Å². The Kier molecular flexibility index (Phi) is 3.58. The summed E-state index contributed by atoms with van der Waals surface area (Å²) in [5.74, 6) is -0.783. The van der Waals surface area contributed by atoms with Crippen molar-refractivity contribution in [2.45, 2.75) is 13.8 Å². The molecule has 3 aromatic rings. The highest BCUT2D eigenvalue weighted by Gasteiger charge is 2.17. The second-order valence-corrected chi connectivity index (χ2v) is 4.79. The number of fused-ring (bicyclic) bond motifs is 1. The summed E-state index contributed by atoms with van der Waals surface area (Å²) < 4.78 is 19.7. The van der Waals surface area contributed by atoms with Gasteiger partial charge in [-0.1, -0.05) is 12.1 Å². The monoisotopic (exact) mass is 299 g/mol. The summed E-state index contributed by atoms with van der Waals surface area (Å²) in [6, 6.07) is 6.18. The molecule has 0 bridgehead atoms. The molecule has 1 aromatic carbocycles. The number of esters is 1. The first-order valence-corrected chi connectivity index (χ1v) is 6.87. The molecule has 0 saturated heterocycles. The molecular formula is C16H14FN3O2. The van der Waals surface area contributed by atoms with E-state index in [-0.39, 0.29) is 18.1 Å². The van der Waals surface area contributed by atoms with Gasteiger partial charge in [0.2, 0.25) is 0 Å². The molecule has 0 fully saturated rings. The summed E-state index contributed by atoms with van der Waals surface area (Å²) in [6.07, 6.45) is 3.34. The number of benzene rings is 1. The molecule has 0 aliphatic carbocycles. The lowest BCUT2D eigenvalue weighted by Gasteiger charge is -2.07. The highest BCUT2D eigenvalue weighted by atomic mass is 19.1. The fraction of sp³-hybridized carbons (Fsp3) is 0.188. The molecule has 6 heteroatoms. The van der Waals surface area contributed by atoms with Crippen molar-refractivity contribution in [3.8, 4) is 11.1 Å². The van der Waals surface area contributed by atoms with Gasteiger partial charge in [0.25, 0.3) is 0 Å². The summed E-state index contributed by atoms with van der Waals surface area (Å²) in [5, 5.41) is 0. The number of halogens is 1. The zero-order valence-corrected chi connectivity index (χ0v) is 12.2. The van der Waals surface area contributed by atoms with Gasteiger partial charge in [0.1, 0.15) is 12.1 Å². The number of nitrogens with zero attached hydrogens (tertiary/aromatic N) is 3. The summed E-state index contributed by atoms with van der Waals surface area (Å²) in [4.78, 5) is 20.4. The quantitative estimate of drug-likeness (QED) is 0.698. The SMILES string of the molecule is CCOC(=O)c1ncn2cc(-c3ccc(F)cc3)c(C)nc12. The van der Waals surface area contributed by atoms with Crippen LogP contribution in [0.25, 0.3) is 16.8 Å². The van der Waals surface area contributed by atoms with Crippen molar-refractivity contribution in [2.75, 3.05) is 6.61 Å². The Bertz CT molecular complexity index is 840. The Morgan fingerprint density at radius 1 is 1.32 bits per heavy atom. The van der Waals surface area contributed by atoms with Crippen LogP contribution in [0.2, 0.25) is 0 Å². The van der Waals surface area contributed by atoms with Gasteiger partial charge in [-0.2, -0.15) is 0 Å². The molecule has 112 valence electrons. The molecule has 3 rings (SSSR count). The van der Waals surface area contributed by atoms with Crippen LogP contribution < -0.4 is 0 Å². The van der Waals surface area contributed by atoms with Crippen molar-refractivity contribution in [3.05, 3.63) is 54.0 Å². The molecule has 0 radical (unpaired) electrons. The number of hydrogen-bond donors (Lipinski definition) is 0. The van der Waals surface area contributed by atoms with E-state index in [0.29, 0.717) is 5.65 Å². The average Bonchev–Trinajstić information content (AvgIpc) is 2.90. The molecule has 0 spiro atoms. The van der Waals surface area contributed by atoms with Gasteiger partial charge in [0.05, 0.1) is 6.61 Å². The molecule has 2 aromatic heterocycles. The van der Waals surface area contributed by atoms with Crippen molar-refractivity contribution in [1.29, 1.82) is 0 Å². The third-order valence-electron chi connectivity index (χ3n) is 3.32. The summed E-state index contributed by atoms with van der Waals surface area (Å²) in [7, 11) is 0. The van der Waals surface area contributed by atoms with Crippen LogP contribution in [0.1, 0.15) is 23.1 Å². The van der Waals surface area contributed by atoms with Crippen LogP contribution in [-0.4, -0.2) is 26.9 Å². The van der Waals surface area contributed by atoms with Crippen LogP contribution in [0.4, 0.5) is 4.39 Å². The largest absolute Gasteiger partial charge is 0.461 e. The molecular weight excluding hydrogens is 285 g/mol. The lowest BCUT2D eigenvalue weighted by molar-refractivity contribution is 0.0522. The van der Waals surface area contributed by atoms with Crippen molar-refractivity contribution in [1.82, 2.24) is 14.4 Å². The van der Waals surface area contributed by atoms with E-state index in [0.717, 1.165) is 16.8 Å². The van der Waals surface area contributed by atoms with Gasteiger partial charge in [-0.25, -0.2) is 19.2 Å². The zero-order valence-electron chi connectivity index (χ0n) is 12.2. The third-order valence-corrected chi connectivity index (χ3v) is 3.32. The molecule has 22 heavy (non-hydrogen) atoms. The normalized spacial score (nSPS) is 10.9. The molecule has 0 aliphatic rings. The number of hydrogen-bond acceptors (Lipinski definition) is 4. The van der Waals surface area contributed by atoms with Crippen molar-refractivity contribution in [3.63, 3.8) is 0 Å². The number of imidazole rings is 1. The second-order valence-electron chi connectivity index (χ2n) is 4.79. The van der Waals surface area contributed by atoms with E-state index in [1.807, 2.05) is 13.1 Å². The smallest absolute Gasteiger partial charge is 0.360 e. The Morgan fingerprint density at radius 2 is 2.05 bits per heavy atom. The fourth-order valence-electron chi connectivity index (χ4n) is 2.27. The molecule has 0 N–H and O–H groups in total. The maximum absolute atomic E-state index is 13.0. The minimum atomic E-state index is -0.494. The van der Waals surface area contributed by atoms with Gasteiger partial charge < -0.3 is 4.74 Å². The minimum absolute atomic E-state index is 0.190. The predicted molar refractivity (Wildman–Crippen MR) is 79.1 cm³/mol. The first-order valence-electron chi connectivity index (χ1n) is 6.87. The number of carbonyl (C=O) groups is 1. The molecule has 0 amide bonds. The first-order chi connectivity index (χ1) is 10.6. The van der Waals surface area contributed by atoms with E-state index in [2.05, 4.69) is 9.97 Å². The van der Waals surface area contributed by atoms with Crippen molar-refractivity contribution >= 4 is 11.6 Å². The Morgan fingerprint density at radius 3 is 2.73 bits per heavy atom. The van der Waals surface area contributed by atoms with Crippen LogP contribution in [0.3, 0.4) is 0 Å². The zero-order chi connectivity index (χ0) is 15.7. The lowest BCUT2D eigenvalue weighted by atomic mass is 10.1. The Balaban J connectivity index is 2.10. The summed E-state index contributed by atoms with van der Waals surface area (Å²) >= 11 is 0. The standard InChI is InChI=1S/C16H14FN3O2/c1-3-22-16(21)14-15-19-10(2)13(8-20(15)9-18-14)11-4-6-12(17)7-5-11/h4-9H,3H2,1-2H3. The minimum Gasteiger partial charge on any atom is -0.461 e. The highest BCUT2D eigenvalue weighted by Crippen LogP contribution is 2.23. The average molecular weight is 299 g/mol. The lowest BCUT2D eigenvalue weighted by Crippen LogP contribution is -2.07. The van der Waals surface area contributed by atoms with E-state index >= 15 is 0 Å². The van der Waals surface area contributed by atoms with E-state index in [1.165, 1.54) is 18.5 Å². The van der Waals surface area contributed by atoms with Crippen LogP contribution in [0.15, 0.2) is 36.8 Å². The first kappa shape index (κ1) is 14.2. The van der Waals surface area contributed by atoms with E-state index in [1.54, 1.807) is 23.5 Å². The Labute approximate surface area is 126 Å². The van der Waals surface area contributed by atoms with Gasteiger partial charge in [0, 0.05) is 17.5 Å². The maximum Gasteiger partial charge on any atom is 0.360 e. The van der Waals surface area contributed by atoms with Crippen LogP contribution in [-0.2, 0) is 4.74 Å². The van der Waals surface area contributed by atoms with Crippen LogP contribution >= 0.6 is 0 Å². The molecule has 2 heterocycles. The summed E-state index contributed by atoms with van der Waals surface area (Å²) in [6.45, 7) is 3.85. The van der Waals surface area contributed by atoms with Crippen molar-refractivity contribution < 1.29 is 13.9 Å². The van der Waals surface area contributed by atoms with E-state index < -0.39 is 5.97 Å². The Hall–Kier alpha value is -2.76. The number of aryl methyl sites for hydroxylation is 1. The van der Waals surface area contributed by atoms with E-state index in [9.17, 15) is 9.18 Å². The van der Waals surface area contributed by atoms with Gasteiger partial charge in [-0.15, -0.1) is 0 Å². The molecule has 0 unspecified atom stereocenters. The van der Waals surface area contributed by atoms with Gasteiger partial charge in [-0.05, 0) is 31.5 Å². The van der Waals surface area contributed by atoms with Gasteiger partial charge in [-0.3, -0.25) is 4.40 Å². The molecule has 0 aliphatic heterocycles. The number of aromatic nitrogens is 3. The van der Waals surface area contributed by atoms with Gasteiger partial charge >= 0.3 is 5.97 Å². The molecule has 0 atom stereocenters. The maximum atomic E-state index is 13.0. The number of rotatable bonds is 3. The number of ether oxygens (including phenoxy) is 1. The van der Waals surface area contributed by atoms with E-state index in [4.69, 9.17) is 4.74 Å². The van der Waals surface area contributed by atoms with Crippen LogP contribution in [0.5, 0.6) is 0 Å². The fourth-order valence-corrected chi connectivity index (χ4v) is 2.27. The summed E-state index contributed by atoms with van der Waals surface area (Å²) in [5.41, 5.74) is 3.06. The third kappa shape index (κ3) is 2.43. The molecule has 0 saturated carbocycles. The van der Waals surface area contributed by atoms with Crippen LogP contribution in [0, 0.1) is 12.7 Å². The highest BCUT2D eigenvalue weighted by molar-refractivity contribution is 5.94.